The largest absolute Gasteiger partial charge is 0.439 e. The molecule has 2 rings (SSSR count). The van der Waals surface area contributed by atoms with Crippen LogP contribution in [-0.4, -0.2) is 9.97 Å². The molecule has 3 nitrogen and oxygen atoms in total. The van der Waals surface area contributed by atoms with Crippen molar-refractivity contribution in [3.8, 4) is 11.6 Å². The Morgan fingerprint density at radius 1 is 1.27 bits per heavy atom. The lowest BCUT2D eigenvalue weighted by Crippen LogP contribution is -1.88. The van der Waals surface area contributed by atoms with Crippen molar-refractivity contribution in [1.82, 2.24) is 9.97 Å². The maximum atomic E-state index is 12.9. The van der Waals surface area contributed by atoms with E-state index in [9.17, 15) is 4.39 Å². The first-order valence-corrected chi connectivity index (χ1v) is 4.94. The minimum atomic E-state index is -0.329. The molecule has 1 aromatic carbocycles. The van der Waals surface area contributed by atoms with Crippen LogP contribution < -0.4 is 4.74 Å². The first kappa shape index (κ1) is 10.0. The molecule has 76 valence electrons. The number of ether oxygens (including phenoxy) is 1. The quantitative estimate of drug-likeness (QED) is 0.839. The van der Waals surface area contributed by atoms with Crippen LogP contribution in [0.25, 0.3) is 0 Å². The van der Waals surface area contributed by atoms with Crippen LogP contribution in [0.3, 0.4) is 0 Å². The summed E-state index contributed by atoms with van der Waals surface area (Å²) < 4.78 is 18.6. The minimum absolute atomic E-state index is 0.329. The highest BCUT2D eigenvalue weighted by Crippen LogP contribution is 2.24. The topological polar surface area (TPSA) is 35.0 Å². The number of halogens is 2. The van der Waals surface area contributed by atoms with Crippen molar-refractivity contribution < 1.29 is 9.13 Å². The fourth-order valence-electron chi connectivity index (χ4n) is 1.00. The van der Waals surface area contributed by atoms with Gasteiger partial charge in [-0.15, -0.1) is 0 Å². The molecule has 1 aromatic heterocycles. The molecule has 0 aliphatic heterocycles. The van der Waals surface area contributed by atoms with Gasteiger partial charge in [0.15, 0.2) is 0 Å². The molecule has 0 amide bonds. The molecule has 0 fully saturated rings. The van der Waals surface area contributed by atoms with Crippen molar-refractivity contribution in [2.24, 2.45) is 0 Å². The van der Waals surface area contributed by atoms with Crippen molar-refractivity contribution in [2.45, 2.75) is 0 Å². The Hall–Kier alpha value is -1.49. The van der Waals surface area contributed by atoms with Gasteiger partial charge in [-0.2, -0.15) is 0 Å². The van der Waals surface area contributed by atoms with E-state index >= 15 is 0 Å². The fraction of sp³-hybridized carbons (Fsp3) is 0. The fourth-order valence-corrected chi connectivity index (χ4v) is 1.36. The third-order valence-corrected chi connectivity index (χ3v) is 2.28. The lowest BCUT2D eigenvalue weighted by molar-refractivity contribution is 0.459. The zero-order valence-electron chi connectivity index (χ0n) is 7.52. The highest BCUT2D eigenvalue weighted by atomic mass is 79.9. The summed E-state index contributed by atoms with van der Waals surface area (Å²) >= 11 is 3.07. The summed E-state index contributed by atoms with van der Waals surface area (Å²) in [5, 5.41) is 0. The lowest BCUT2D eigenvalue weighted by atomic mass is 10.3. The van der Waals surface area contributed by atoms with Gasteiger partial charge in [0, 0.05) is 12.3 Å². The van der Waals surface area contributed by atoms with E-state index in [0.29, 0.717) is 16.1 Å². The first-order valence-electron chi connectivity index (χ1n) is 4.14. The molecule has 0 N–H and O–H groups in total. The number of aromatic nitrogens is 2. The monoisotopic (exact) mass is 268 g/mol. The Bertz CT molecular complexity index is 464. The van der Waals surface area contributed by atoms with Crippen molar-refractivity contribution in [3.63, 3.8) is 0 Å². The summed E-state index contributed by atoms with van der Waals surface area (Å²) in [6, 6.07) is 6.01. The van der Waals surface area contributed by atoms with E-state index in [1.54, 1.807) is 12.3 Å². The molecule has 0 saturated carbocycles. The predicted molar refractivity (Wildman–Crippen MR) is 56.2 cm³/mol. The highest BCUT2D eigenvalue weighted by molar-refractivity contribution is 9.10. The van der Waals surface area contributed by atoms with Gasteiger partial charge in [-0.1, -0.05) is 0 Å². The van der Waals surface area contributed by atoms with E-state index < -0.39 is 0 Å². The number of benzene rings is 1. The van der Waals surface area contributed by atoms with E-state index in [2.05, 4.69) is 25.9 Å². The Labute approximate surface area is 94.1 Å². The highest BCUT2D eigenvalue weighted by Gasteiger charge is 2.02. The average Bonchev–Trinajstić information content (AvgIpc) is 2.25. The SMILES string of the molecule is Fc1ccc(Oc2ccncn2)cc1Br. The van der Waals surface area contributed by atoms with Crippen LogP contribution in [0.1, 0.15) is 0 Å². The molecule has 0 aliphatic carbocycles. The van der Waals surface area contributed by atoms with Crippen molar-refractivity contribution in [1.29, 1.82) is 0 Å². The molecule has 2 aromatic rings. The minimum Gasteiger partial charge on any atom is -0.439 e. The maximum Gasteiger partial charge on any atom is 0.222 e. The van der Waals surface area contributed by atoms with Crippen molar-refractivity contribution in [2.75, 3.05) is 0 Å². The standard InChI is InChI=1S/C10H6BrFN2O/c11-8-5-7(1-2-9(8)12)15-10-3-4-13-6-14-10/h1-6H. The summed E-state index contributed by atoms with van der Waals surface area (Å²) in [4.78, 5) is 7.64. The molecular weight excluding hydrogens is 263 g/mol. The van der Waals surface area contributed by atoms with Gasteiger partial charge in [-0.3, -0.25) is 0 Å². The maximum absolute atomic E-state index is 12.9. The summed E-state index contributed by atoms with van der Waals surface area (Å²) in [5.74, 6) is 0.607. The number of hydrogen-bond acceptors (Lipinski definition) is 3. The molecule has 0 bridgehead atoms. The van der Waals surface area contributed by atoms with E-state index in [1.165, 1.54) is 24.5 Å². The third-order valence-electron chi connectivity index (χ3n) is 1.67. The second kappa shape index (κ2) is 4.35. The second-order valence-corrected chi connectivity index (χ2v) is 3.58. The Kier molecular flexibility index (Phi) is 2.91. The molecule has 1 heterocycles. The van der Waals surface area contributed by atoms with Gasteiger partial charge in [0.05, 0.1) is 4.47 Å². The zero-order valence-corrected chi connectivity index (χ0v) is 9.11. The smallest absolute Gasteiger partial charge is 0.222 e. The van der Waals surface area contributed by atoms with E-state index in [4.69, 9.17) is 4.74 Å². The molecule has 15 heavy (non-hydrogen) atoms. The van der Waals surface area contributed by atoms with Crippen molar-refractivity contribution >= 4 is 15.9 Å². The van der Waals surface area contributed by atoms with Gasteiger partial charge in [0.25, 0.3) is 0 Å². The lowest BCUT2D eigenvalue weighted by Gasteiger charge is -2.04. The van der Waals surface area contributed by atoms with Gasteiger partial charge in [0.1, 0.15) is 17.9 Å². The van der Waals surface area contributed by atoms with E-state index in [0.717, 1.165) is 0 Å². The van der Waals surface area contributed by atoms with Crippen LogP contribution in [0.4, 0.5) is 4.39 Å². The first-order chi connectivity index (χ1) is 7.25. The Balaban J connectivity index is 2.22. The summed E-state index contributed by atoms with van der Waals surface area (Å²) in [6.07, 6.45) is 2.95. The molecule has 0 spiro atoms. The van der Waals surface area contributed by atoms with Gasteiger partial charge < -0.3 is 4.74 Å². The molecule has 0 radical (unpaired) electrons. The van der Waals surface area contributed by atoms with Crippen LogP contribution >= 0.6 is 15.9 Å². The van der Waals surface area contributed by atoms with Crippen LogP contribution in [0.2, 0.25) is 0 Å². The Morgan fingerprint density at radius 2 is 2.13 bits per heavy atom. The average molecular weight is 269 g/mol. The zero-order chi connectivity index (χ0) is 10.7. The molecule has 5 heteroatoms. The molecule has 0 saturated heterocycles. The van der Waals surface area contributed by atoms with Crippen LogP contribution in [0, 0.1) is 5.82 Å². The van der Waals surface area contributed by atoms with Crippen LogP contribution in [0.15, 0.2) is 41.3 Å². The van der Waals surface area contributed by atoms with Gasteiger partial charge in [-0.25, -0.2) is 14.4 Å². The van der Waals surface area contributed by atoms with Gasteiger partial charge in [-0.05, 0) is 34.1 Å². The van der Waals surface area contributed by atoms with Gasteiger partial charge >= 0.3 is 0 Å². The normalized spacial score (nSPS) is 10.0. The number of hydrogen-bond donors (Lipinski definition) is 0. The van der Waals surface area contributed by atoms with Gasteiger partial charge in [0.2, 0.25) is 5.88 Å². The van der Waals surface area contributed by atoms with Crippen molar-refractivity contribution in [3.05, 3.63) is 47.1 Å². The summed E-state index contributed by atoms with van der Waals surface area (Å²) in [5.41, 5.74) is 0. The number of nitrogens with zero attached hydrogens (tertiary/aromatic N) is 2. The second-order valence-electron chi connectivity index (χ2n) is 2.73. The Morgan fingerprint density at radius 3 is 2.80 bits per heavy atom. The van der Waals surface area contributed by atoms with E-state index in [-0.39, 0.29) is 5.82 Å². The van der Waals surface area contributed by atoms with E-state index in [1.807, 2.05) is 0 Å². The number of rotatable bonds is 2. The van der Waals surface area contributed by atoms with Crippen LogP contribution in [-0.2, 0) is 0 Å². The molecular formula is C10H6BrFN2O. The molecule has 0 aliphatic rings. The molecule has 0 atom stereocenters. The van der Waals surface area contributed by atoms with Crippen LogP contribution in [0.5, 0.6) is 11.6 Å². The predicted octanol–water partition coefficient (Wildman–Crippen LogP) is 3.17. The summed E-state index contributed by atoms with van der Waals surface area (Å²) in [6.45, 7) is 0. The summed E-state index contributed by atoms with van der Waals surface area (Å²) in [7, 11) is 0. The molecule has 0 unspecified atom stereocenters. The third kappa shape index (κ3) is 2.50.